The zero-order chi connectivity index (χ0) is 15.3. The Balaban J connectivity index is 2.62. The largest absolute Gasteiger partial charge is 0.394 e. The highest BCUT2D eigenvalue weighted by molar-refractivity contribution is 4.89. The lowest BCUT2D eigenvalue weighted by Crippen LogP contribution is -2.43. The summed E-state index contributed by atoms with van der Waals surface area (Å²) < 4.78 is 16.7. The number of rotatable bonds is 8. The van der Waals surface area contributed by atoms with Crippen LogP contribution in [0, 0.1) is 0 Å². The van der Waals surface area contributed by atoms with Crippen LogP contribution in [0.15, 0.2) is 0 Å². The summed E-state index contributed by atoms with van der Waals surface area (Å²) in [6, 6.07) is 0. The van der Waals surface area contributed by atoms with Gasteiger partial charge in [-0.2, -0.15) is 0 Å². The molecule has 7 nitrogen and oxygen atoms in total. The fourth-order valence-electron chi connectivity index (χ4n) is 2.20. The molecule has 7 atom stereocenters. The Morgan fingerprint density at radius 3 is 2.50 bits per heavy atom. The van der Waals surface area contributed by atoms with Gasteiger partial charge in [-0.15, -0.1) is 0 Å². The summed E-state index contributed by atoms with van der Waals surface area (Å²) in [5.74, 6) is 0. The van der Waals surface area contributed by atoms with Crippen molar-refractivity contribution in [3.63, 3.8) is 0 Å². The standard InChI is InChI=1S/C13H27NO6/c1-4-11(19-9(5-14)7(2)16)20-13-10(6-15)18-8(3)12(13)17/h7-13,15-17H,4-6,14H2,1-3H3/t7?,8-,9-,10+,11?,12+,13?/m0/s1. The smallest absolute Gasteiger partial charge is 0.158 e. The van der Waals surface area contributed by atoms with E-state index in [9.17, 15) is 15.3 Å². The quantitative estimate of drug-likeness (QED) is 0.423. The molecule has 0 aromatic rings. The molecule has 0 aromatic heterocycles. The lowest BCUT2D eigenvalue weighted by molar-refractivity contribution is -0.226. The van der Waals surface area contributed by atoms with E-state index in [4.69, 9.17) is 19.9 Å². The molecular formula is C13H27NO6. The SMILES string of the molecule is CCC(OC1[C@@H](CO)O[C@@H](C)[C@H]1O)O[C@@H](CN)C(C)O. The average Bonchev–Trinajstić information content (AvgIpc) is 2.70. The van der Waals surface area contributed by atoms with Crippen LogP contribution in [0.2, 0.25) is 0 Å². The first-order chi connectivity index (χ1) is 9.44. The molecule has 0 aliphatic carbocycles. The molecule has 1 fully saturated rings. The Bertz CT molecular complexity index is 278. The van der Waals surface area contributed by atoms with Crippen molar-refractivity contribution < 1.29 is 29.5 Å². The second-order valence-corrected chi connectivity index (χ2v) is 5.14. The maximum absolute atomic E-state index is 10.0. The van der Waals surface area contributed by atoms with Crippen molar-refractivity contribution in [3.05, 3.63) is 0 Å². The lowest BCUT2D eigenvalue weighted by Gasteiger charge is -2.29. The summed E-state index contributed by atoms with van der Waals surface area (Å²) in [6.07, 6.45) is -3.82. The Kier molecular flexibility index (Phi) is 7.32. The molecule has 1 rings (SSSR count). The molecule has 3 unspecified atom stereocenters. The predicted octanol–water partition coefficient (Wildman–Crippen LogP) is -1.03. The first-order valence-corrected chi connectivity index (χ1v) is 7.07. The van der Waals surface area contributed by atoms with Crippen molar-refractivity contribution in [2.24, 2.45) is 5.73 Å². The zero-order valence-corrected chi connectivity index (χ0v) is 12.3. The van der Waals surface area contributed by atoms with Gasteiger partial charge in [0.05, 0.1) is 24.9 Å². The van der Waals surface area contributed by atoms with Crippen molar-refractivity contribution in [2.45, 2.75) is 70.1 Å². The number of hydrogen-bond donors (Lipinski definition) is 4. The third-order valence-corrected chi connectivity index (χ3v) is 3.49. The van der Waals surface area contributed by atoms with E-state index in [1.165, 1.54) is 0 Å². The number of hydrogen-bond acceptors (Lipinski definition) is 7. The molecule has 0 spiro atoms. The molecule has 1 saturated heterocycles. The van der Waals surface area contributed by atoms with E-state index in [2.05, 4.69) is 0 Å². The Morgan fingerprint density at radius 2 is 2.05 bits per heavy atom. The van der Waals surface area contributed by atoms with E-state index >= 15 is 0 Å². The zero-order valence-electron chi connectivity index (χ0n) is 12.3. The van der Waals surface area contributed by atoms with E-state index in [1.54, 1.807) is 13.8 Å². The van der Waals surface area contributed by atoms with Crippen molar-refractivity contribution >= 4 is 0 Å². The van der Waals surface area contributed by atoms with Crippen LogP contribution < -0.4 is 5.73 Å². The normalized spacial score (nSPS) is 35.0. The van der Waals surface area contributed by atoms with Crippen molar-refractivity contribution in [1.29, 1.82) is 0 Å². The van der Waals surface area contributed by atoms with E-state index in [1.807, 2.05) is 6.92 Å². The molecule has 0 radical (unpaired) electrons. The molecule has 0 aromatic carbocycles. The van der Waals surface area contributed by atoms with Gasteiger partial charge in [-0.1, -0.05) is 6.92 Å². The molecule has 1 aliphatic heterocycles. The predicted molar refractivity (Wildman–Crippen MR) is 72.0 cm³/mol. The molecule has 5 N–H and O–H groups in total. The van der Waals surface area contributed by atoms with Crippen molar-refractivity contribution in [3.8, 4) is 0 Å². The topological polar surface area (TPSA) is 114 Å². The molecule has 7 heteroatoms. The minimum absolute atomic E-state index is 0.168. The molecule has 0 saturated carbocycles. The molecule has 20 heavy (non-hydrogen) atoms. The van der Waals surface area contributed by atoms with Crippen LogP contribution in [-0.4, -0.2) is 71.4 Å². The van der Waals surface area contributed by atoms with Crippen LogP contribution in [-0.2, 0) is 14.2 Å². The van der Waals surface area contributed by atoms with Crippen molar-refractivity contribution in [1.82, 2.24) is 0 Å². The number of aliphatic hydroxyl groups excluding tert-OH is 3. The van der Waals surface area contributed by atoms with E-state index < -0.39 is 42.9 Å². The Morgan fingerprint density at radius 1 is 1.40 bits per heavy atom. The van der Waals surface area contributed by atoms with Gasteiger partial charge in [0, 0.05) is 6.54 Å². The molecule has 1 aliphatic rings. The van der Waals surface area contributed by atoms with E-state index in [0.717, 1.165) is 0 Å². The minimum Gasteiger partial charge on any atom is -0.394 e. The van der Waals surface area contributed by atoms with Crippen LogP contribution in [0.3, 0.4) is 0 Å². The highest BCUT2D eigenvalue weighted by atomic mass is 16.7. The second-order valence-electron chi connectivity index (χ2n) is 5.14. The van der Waals surface area contributed by atoms with Gasteiger partial charge in [0.2, 0.25) is 0 Å². The van der Waals surface area contributed by atoms with Crippen molar-refractivity contribution in [2.75, 3.05) is 13.2 Å². The van der Waals surface area contributed by atoms with Gasteiger partial charge < -0.3 is 35.3 Å². The van der Waals surface area contributed by atoms with E-state index in [-0.39, 0.29) is 13.2 Å². The summed E-state index contributed by atoms with van der Waals surface area (Å²) >= 11 is 0. The highest BCUT2D eigenvalue weighted by Gasteiger charge is 2.43. The van der Waals surface area contributed by atoms with Crippen LogP contribution in [0.1, 0.15) is 27.2 Å². The summed E-state index contributed by atoms with van der Waals surface area (Å²) in [4.78, 5) is 0. The fraction of sp³-hybridized carbons (Fsp3) is 1.00. The molecule has 0 amide bonds. The Labute approximate surface area is 119 Å². The maximum atomic E-state index is 10.0. The second kappa shape index (κ2) is 8.23. The van der Waals surface area contributed by atoms with E-state index in [0.29, 0.717) is 6.42 Å². The summed E-state index contributed by atoms with van der Waals surface area (Å²) in [6.45, 7) is 5.10. The van der Waals surface area contributed by atoms with Gasteiger partial charge in [0.1, 0.15) is 18.3 Å². The number of nitrogens with two attached hydrogens (primary N) is 1. The highest BCUT2D eigenvalue weighted by Crippen LogP contribution is 2.25. The average molecular weight is 293 g/mol. The third kappa shape index (κ3) is 4.36. The van der Waals surface area contributed by atoms with Crippen LogP contribution in [0.5, 0.6) is 0 Å². The summed E-state index contributed by atoms with van der Waals surface area (Å²) in [5, 5.41) is 28.8. The molecule has 120 valence electrons. The van der Waals surface area contributed by atoms with Gasteiger partial charge in [0.15, 0.2) is 6.29 Å². The Hall–Kier alpha value is -0.280. The van der Waals surface area contributed by atoms with Gasteiger partial charge in [-0.25, -0.2) is 0 Å². The fourth-order valence-corrected chi connectivity index (χ4v) is 2.20. The van der Waals surface area contributed by atoms with Gasteiger partial charge >= 0.3 is 0 Å². The van der Waals surface area contributed by atoms with Gasteiger partial charge in [-0.05, 0) is 20.3 Å². The monoisotopic (exact) mass is 293 g/mol. The molecular weight excluding hydrogens is 266 g/mol. The van der Waals surface area contributed by atoms with Crippen LogP contribution in [0.4, 0.5) is 0 Å². The molecule has 0 bridgehead atoms. The number of ether oxygens (including phenoxy) is 3. The molecule has 1 heterocycles. The van der Waals surface area contributed by atoms with Gasteiger partial charge in [0.25, 0.3) is 0 Å². The first-order valence-electron chi connectivity index (χ1n) is 7.07. The summed E-state index contributed by atoms with van der Waals surface area (Å²) in [7, 11) is 0. The van der Waals surface area contributed by atoms with Crippen LogP contribution >= 0.6 is 0 Å². The lowest BCUT2D eigenvalue weighted by atomic mass is 10.1. The van der Waals surface area contributed by atoms with Gasteiger partial charge in [-0.3, -0.25) is 0 Å². The number of aliphatic hydroxyl groups is 3. The third-order valence-electron chi connectivity index (χ3n) is 3.49. The van der Waals surface area contributed by atoms with Crippen LogP contribution in [0.25, 0.3) is 0 Å². The maximum Gasteiger partial charge on any atom is 0.158 e. The minimum atomic E-state index is -0.826. The first kappa shape index (κ1) is 17.8. The summed E-state index contributed by atoms with van der Waals surface area (Å²) in [5.41, 5.74) is 5.53.